The van der Waals surface area contributed by atoms with E-state index in [0.717, 1.165) is 22.5 Å². The van der Waals surface area contributed by atoms with Crippen LogP contribution in [0.1, 0.15) is 12.8 Å². The zero-order valence-corrected chi connectivity index (χ0v) is 10.4. The van der Waals surface area contributed by atoms with Crippen molar-refractivity contribution >= 4 is 28.4 Å². The minimum Gasteiger partial charge on any atom is -0.386 e. The molecule has 1 saturated carbocycles. The van der Waals surface area contributed by atoms with Crippen molar-refractivity contribution in [2.75, 3.05) is 18.0 Å². The number of nitrogens with zero attached hydrogens (tertiary/aromatic N) is 3. The van der Waals surface area contributed by atoms with Crippen LogP contribution in [0, 0.1) is 9.49 Å². The van der Waals surface area contributed by atoms with Gasteiger partial charge in [-0.2, -0.15) is 0 Å². The summed E-state index contributed by atoms with van der Waals surface area (Å²) in [6, 6.07) is 0. The smallest absolute Gasteiger partial charge is 0.145 e. The van der Waals surface area contributed by atoms with Crippen molar-refractivity contribution in [1.82, 2.24) is 9.97 Å². The summed E-state index contributed by atoms with van der Waals surface area (Å²) in [4.78, 5) is 10.3. The average molecular weight is 317 g/mol. The topological polar surface area (TPSA) is 49.2 Å². The second-order valence-electron chi connectivity index (χ2n) is 4.43. The largest absolute Gasteiger partial charge is 0.386 e. The first kappa shape index (κ1) is 9.77. The first-order valence-electron chi connectivity index (χ1n) is 5.12. The second-order valence-corrected chi connectivity index (χ2v) is 5.59. The highest BCUT2D eigenvalue weighted by atomic mass is 127. The number of hydrogen-bond acceptors (Lipinski definition) is 4. The first-order valence-corrected chi connectivity index (χ1v) is 6.20. The molecule has 1 aliphatic heterocycles. The Morgan fingerprint density at radius 3 is 2.80 bits per heavy atom. The van der Waals surface area contributed by atoms with Gasteiger partial charge in [0.05, 0.1) is 16.7 Å². The summed E-state index contributed by atoms with van der Waals surface area (Å²) >= 11 is 2.23. The lowest BCUT2D eigenvalue weighted by molar-refractivity contribution is -0.00984. The number of β-amino-alcohol motifs (C(OH)–C–C–N with tert-alkyl or cyclic N) is 1. The van der Waals surface area contributed by atoms with Gasteiger partial charge in [0.25, 0.3) is 0 Å². The van der Waals surface area contributed by atoms with Crippen molar-refractivity contribution in [2.45, 2.75) is 18.4 Å². The molecule has 15 heavy (non-hydrogen) atoms. The molecular formula is C10H12IN3O. The molecule has 0 atom stereocenters. The Morgan fingerprint density at radius 1 is 1.47 bits per heavy atom. The minimum absolute atomic E-state index is 0.436. The lowest BCUT2D eigenvalue weighted by Gasteiger charge is -2.47. The van der Waals surface area contributed by atoms with Gasteiger partial charge in [-0.1, -0.05) is 0 Å². The van der Waals surface area contributed by atoms with Crippen LogP contribution >= 0.6 is 22.6 Å². The van der Waals surface area contributed by atoms with E-state index in [-0.39, 0.29) is 0 Å². The fraction of sp³-hybridized carbons (Fsp3) is 0.600. The fourth-order valence-electron chi connectivity index (χ4n) is 2.18. The normalized spacial score (nSPS) is 23.7. The van der Waals surface area contributed by atoms with Gasteiger partial charge in [0.1, 0.15) is 17.7 Å². The third kappa shape index (κ3) is 1.61. The Labute approximate surface area is 102 Å². The molecule has 4 nitrogen and oxygen atoms in total. The lowest BCUT2D eigenvalue weighted by atomic mass is 9.89. The molecule has 1 saturated heterocycles. The van der Waals surface area contributed by atoms with Gasteiger partial charge in [0, 0.05) is 6.20 Å². The van der Waals surface area contributed by atoms with Crippen molar-refractivity contribution in [1.29, 1.82) is 0 Å². The third-order valence-corrected chi connectivity index (χ3v) is 3.98. The number of aromatic nitrogens is 2. The molecule has 1 aromatic rings. The molecule has 0 aromatic carbocycles. The van der Waals surface area contributed by atoms with Gasteiger partial charge in [0.2, 0.25) is 0 Å². The molecule has 2 fully saturated rings. The summed E-state index contributed by atoms with van der Waals surface area (Å²) in [6.45, 7) is 1.45. The van der Waals surface area contributed by atoms with Crippen LogP contribution < -0.4 is 4.90 Å². The van der Waals surface area contributed by atoms with Crippen LogP contribution in [0.5, 0.6) is 0 Å². The number of aliphatic hydroxyl groups is 1. The molecule has 5 heteroatoms. The van der Waals surface area contributed by atoms with Crippen molar-refractivity contribution in [3.8, 4) is 0 Å². The van der Waals surface area contributed by atoms with Gasteiger partial charge in [0.15, 0.2) is 0 Å². The monoisotopic (exact) mass is 317 g/mol. The van der Waals surface area contributed by atoms with Gasteiger partial charge in [-0.3, -0.25) is 0 Å². The van der Waals surface area contributed by atoms with E-state index in [0.29, 0.717) is 5.92 Å². The number of halogens is 1. The highest BCUT2D eigenvalue weighted by Gasteiger charge is 2.52. The summed E-state index contributed by atoms with van der Waals surface area (Å²) in [7, 11) is 0. The Kier molecular flexibility index (Phi) is 2.14. The van der Waals surface area contributed by atoms with E-state index < -0.39 is 5.60 Å². The van der Waals surface area contributed by atoms with Crippen molar-refractivity contribution in [3.63, 3.8) is 0 Å². The molecule has 80 valence electrons. The summed E-state index contributed by atoms with van der Waals surface area (Å²) in [5.74, 6) is 1.49. The van der Waals surface area contributed by atoms with Crippen molar-refractivity contribution < 1.29 is 5.11 Å². The number of rotatable bonds is 2. The molecule has 2 aliphatic rings. The Balaban J connectivity index is 1.74. The van der Waals surface area contributed by atoms with Gasteiger partial charge in [-0.25, -0.2) is 9.97 Å². The van der Waals surface area contributed by atoms with Crippen LogP contribution in [-0.2, 0) is 0 Å². The van der Waals surface area contributed by atoms with Gasteiger partial charge < -0.3 is 10.0 Å². The highest BCUT2D eigenvalue weighted by molar-refractivity contribution is 14.1. The van der Waals surface area contributed by atoms with E-state index >= 15 is 0 Å². The summed E-state index contributed by atoms with van der Waals surface area (Å²) in [5.41, 5.74) is -0.436. The Bertz CT molecular complexity index is 388. The van der Waals surface area contributed by atoms with E-state index in [1.807, 2.05) is 0 Å². The maximum atomic E-state index is 10.2. The highest BCUT2D eigenvalue weighted by Crippen LogP contribution is 2.45. The molecule has 0 radical (unpaired) electrons. The van der Waals surface area contributed by atoms with Crippen LogP contribution in [0.15, 0.2) is 12.5 Å². The first-order chi connectivity index (χ1) is 7.19. The quantitative estimate of drug-likeness (QED) is 0.828. The van der Waals surface area contributed by atoms with Gasteiger partial charge in [-0.05, 0) is 41.4 Å². The van der Waals surface area contributed by atoms with Crippen LogP contribution in [0.2, 0.25) is 0 Å². The molecule has 1 N–H and O–H groups in total. The fourth-order valence-corrected chi connectivity index (χ4v) is 2.82. The maximum Gasteiger partial charge on any atom is 0.145 e. The molecule has 0 bridgehead atoms. The molecule has 3 rings (SSSR count). The van der Waals surface area contributed by atoms with E-state index in [1.54, 1.807) is 12.5 Å². The van der Waals surface area contributed by atoms with Crippen LogP contribution in [0.3, 0.4) is 0 Å². The Hall–Kier alpha value is -0.430. The molecule has 0 amide bonds. The van der Waals surface area contributed by atoms with Crippen molar-refractivity contribution in [2.24, 2.45) is 5.92 Å². The van der Waals surface area contributed by atoms with Crippen LogP contribution in [0.4, 0.5) is 5.82 Å². The predicted molar refractivity (Wildman–Crippen MR) is 64.6 cm³/mol. The molecule has 2 heterocycles. The van der Waals surface area contributed by atoms with Gasteiger partial charge >= 0.3 is 0 Å². The number of anilines is 1. The zero-order chi connectivity index (χ0) is 10.5. The zero-order valence-electron chi connectivity index (χ0n) is 8.23. The molecular weight excluding hydrogens is 305 g/mol. The Morgan fingerprint density at radius 2 is 2.20 bits per heavy atom. The second kappa shape index (κ2) is 3.28. The van der Waals surface area contributed by atoms with Gasteiger partial charge in [-0.15, -0.1) is 0 Å². The summed E-state index contributed by atoms with van der Waals surface area (Å²) in [6.07, 6.45) is 5.74. The molecule has 1 aliphatic carbocycles. The molecule has 0 spiro atoms. The average Bonchev–Trinajstić information content (AvgIpc) is 2.97. The predicted octanol–water partition coefficient (Wildman–Crippen LogP) is 1.04. The van der Waals surface area contributed by atoms with Crippen LogP contribution in [-0.4, -0.2) is 33.8 Å². The third-order valence-electron chi connectivity index (χ3n) is 3.21. The number of hydrogen-bond donors (Lipinski definition) is 1. The summed E-state index contributed by atoms with van der Waals surface area (Å²) < 4.78 is 1.05. The van der Waals surface area contributed by atoms with Crippen molar-refractivity contribution in [3.05, 3.63) is 16.1 Å². The SMILES string of the molecule is OC1(C2CC2)CN(c2ncncc2I)C1. The molecule has 1 aromatic heterocycles. The van der Waals surface area contributed by atoms with E-state index in [9.17, 15) is 5.11 Å². The molecule has 0 unspecified atom stereocenters. The minimum atomic E-state index is -0.436. The van der Waals surface area contributed by atoms with E-state index in [1.165, 1.54) is 12.8 Å². The van der Waals surface area contributed by atoms with E-state index in [4.69, 9.17) is 0 Å². The maximum absolute atomic E-state index is 10.2. The standard InChI is InChI=1S/C10H12IN3O/c11-8-3-12-6-13-9(8)14-4-10(15,5-14)7-1-2-7/h3,6-7,15H,1-2,4-5H2. The van der Waals surface area contributed by atoms with E-state index in [2.05, 4.69) is 37.5 Å². The van der Waals surface area contributed by atoms with Crippen LogP contribution in [0.25, 0.3) is 0 Å². The lowest BCUT2D eigenvalue weighted by Crippen LogP contribution is -2.63. The summed E-state index contributed by atoms with van der Waals surface area (Å²) in [5, 5.41) is 10.2.